The third kappa shape index (κ3) is 3.95. The van der Waals surface area contributed by atoms with Crippen LogP contribution in [-0.4, -0.2) is 48.9 Å². The van der Waals surface area contributed by atoms with E-state index in [0.717, 1.165) is 0 Å². The third-order valence-electron chi connectivity index (χ3n) is 2.80. The number of hydrogen-bond acceptors (Lipinski definition) is 4. The molecule has 5 nitrogen and oxygen atoms in total. The van der Waals surface area contributed by atoms with E-state index < -0.39 is 0 Å². The maximum absolute atomic E-state index is 12.1. The third-order valence-corrected chi connectivity index (χ3v) is 3.12. The van der Waals surface area contributed by atoms with Crippen molar-refractivity contribution in [1.82, 2.24) is 10.4 Å². The van der Waals surface area contributed by atoms with Crippen LogP contribution in [-0.2, 0) is 4.74 Å². The number of carbonyl (C=O) groups excluding carboxylic acids is 1. The van der Waals surface area contributed by atoms with Crippen LogP contribution >= 0.6 is 11.6 Å². The lowest BCUT2D eigenvalue weighted by atomic mass is 10.1. The Balaban J connectivity index is 2.04. The molecule has 1 aliphatic heterocycles. The zero-order valence-electron chi connectivity index (χ0n) is 10.9. The first-order valence-electron chi connectivity index (χ1n) is 6.23. The predicted molar refractivity (Wildman–Crippen MR) is 75.3 cm³/mol. The van der Waals surface area contributed by atoms with Gasteiger partial charge in [-0.1, -0.05) is 23.4 Å². The van der Waals surface area contributed by atoms with Gasteiger partial charge in [-0.3, -0.25) is 10.2 Å². The Hall–Kier alpha value is -1.58. The largest absolute Gasteiger partial charge is 0.384 e. The average Bonchev–Trinajstić information content (AvgIpc) is 2.47. The summed E-state index contributed by atoms with van der Waals surface area (Å²) in [4.78, 5) is 12.1. The second-order valence-corrected chi connectivity index (χ2v) is 4.60. The Morgan fingerprint density at radius 1 is 1.45 bits per heavy atom. The number of aliphatic hydroxyl groups excluding tert-OH is 1. The Bertz CT molecular complexity index is 545. The van der Waals surface area contributed by atoms with Crippen molar-refractivity contribution in [3.05, 3.63) is 34.3 Å². The molecule has 1 amide bonds. The van der Waals surface area contributed by atoms with E-state index in [4.69, 9.17) is 21.4 Å². The molecule has 0 bridgehead atoms. The molecule has 0 aliphatic carbocycles. The highest BCUT2D eigenvalue weighted by Gasteiger charge is 2.14. The summed E-state index contributed by atoms with van der Waals surface area (Å²) in [7, 11) is 0. The molecule has 1 fully saturated rings. The Labute approximate surface area is 122 Å². The second-order valence-electron chi connectivity index (χ2n) is 4.19. The minimum Gasteiger partial charge on any atom is -0.384 e. The first kappa shape index (κ1) is 14.8. The number of halogens is 1. The van der Waals surface area contributed by atoms with E-state index >= 15 is 0 Å². The van der Waals surface area contributed by atoms with Crippen molar-refractivity contribution in [3.63, 3.8) is 0 Å². The maximum atomic E-state index is 12.1. The predicted octanol–water partition coefficient (Wildman–Crippen LogP) is 0.661. The summed E-state index contributed by atoms with van der Waals surface area (Å²) >= 11 is 6.05. The molecular weight excluding hydrogens is 280 g/mol. The fourth-order valence-corrected chi connectivity index (χ4v) is 2.00. The van der Waals surface area contributed by atoms with Crippen LogP contribution < -0.4 is 5.43 Å². The van der Waals surface area contributed by atoms with Crippen molar-refractivity contribution < 1.29 is 14.6 Å². The average molecular weight is 295 g/mol. The number of hydrazine groups is 1. The smallest absolute Gasteiger partial charge is 0.265 e. The minimum absolute atomic E-state index is 0.213. The molecule has 2 N–H and O–H groups in total. The lowest BCUT2D eigenvalue weighted by Crippen LogP contribution is -2.48. The maximum Gasteiger partial charge on any atom is 0.265 e. The number of hydrogen-bond donors (Lipinski definition) is 2. The molecule has 106 valence electrons. The number of aliphatic hydroxyl groups is 1. The van der Waals surface area contributed by atoms with Crippen LogP contribution in [0.5, 0.6) is 0 Å². The van der Waals surface area contributed by atoms with Crippen LogP contribution in [0.15, 0.2) is 18.2 Å². The SMILES string of the molecule is O=C(NN1CCOCC1)c1ccc(C#CCO)c(Cl)c1. The van der Waals surface area contributed by atoms with Crippen molar-refractivity contribution in [2.45, 2.75) is 0 Å². The summed E-state index contributed by atoms with van der Waals surface area (Å²) < 4.78 is 5.21. The molecule has 0 atom stereocenters. The fraction of sp³-hybridized carbons (Fsp3) is 0.357. The van der Waals surface area contributed by atoms with Crippen LogP contribution in [0.4, 0.5) is 0 Å². The number of nitrogens with one attached hydrogen (secondary N) is 1. The number of ether oxygens (including phenoxy) is 1. The van der Waals surface area contributed by atoms with Crippen molar-refractivity contribution in [2.24, 2.45) is 0 Å². The monoisotopic (exact) mass is 294 g/mol. The van der Waals surface area contributed by atoms with Crippen LogP contribution in [0.3, 0.4) is 0 Å². The molecule has 1 aromatic carbocycles. The van der Waals surface area contributed by atoms with Crippen LogP contribution in [0.2, 0.25) is 5.02 Å². The van der Waals surface area contributed by atoms with E-state index in [1.807, 2.05) is 5.01 Å². The van der Waals surface area contributed by atoms with Gasteiger partial charge in [-0.25, -0.2) is 5.01 Å². The van der Waals surface area contributed by atoms with Gasteiger partial charge in [0.05, 0.1) is 18.2 Å². The molecule has 1 aliphatic rings. The minimum atomic E-state index is -0.227. The Kier molecular flexibility index (Phi) is 5.39. The second kappa shape index (κ2) is 7.27. The van der Waals surface area contributed by atoms with Crippen molar-refractivity contribution >= 4 is 17.5 Å². The zero-order valence-corrected chi connectivity index (χ0v) is 11.6. The number of amides is 1. The quantitative estimate of drug-likeness (QED) is 0.787. The Morgan fingerprint density at radius 3 is 2.85 bits per heavy atom. The van der Waals surface area contributed by atoms with Gasteiger partial charge < -0.3 is 9.84 Å². The Morgan fingerprint density at radius 2 is 2.20 bits per heavy atom. The summed E-state index contributed by atoms with van der Waals surface area (Å²) in [6.07, 6.45) is 0. The molecular formula is C14H15ClN2O3. The van der Waals surface area contributed by atoms with Crippen molar-refractivity contribution in [3.8, 4) is 11.8 Å². The molecule has 1 saturated heterocycles. The van der Waals surface area contributed by atoms with Gasteiger partial charge in [0, 0.05) is 24.2 Å². The molecule has 1 aromatic rings. The summed E-state index contributed by atoms with van der Waals surface area (Å²) in [5.74, 6) is 5.03. The van der Waals surface area contributed by atoms with Gasteiger partial charge in [0.2, 0.25) is 0 Å². The lowest BCUT2D eigenvalue weighted by molar-refractivity contribution is 0.0126. The summed E-state index contributed by atoms with van der Waals surface area (Å²) in [5.41, 5.74) is 3.86. The molecule has 2 rings (SSSR count). The van der Waals surface area contributed by atoms with Gasteiger partial charge in [-0.15, -0.1) is 0 Å². The molecule has 0 aromatic heterocycles. The molecule has 0 unspecified atom stereocenters. The molecule has 1 heterocycles. The van der Waals surface area contributed by atoms with E-state index in [9.17, 15) is 4.79 Å². The van der Waals surface area contributed by atoms with Gasteiger partial charge in [0.25, 0.3) is 5.91 Å². The highest BCUT2D eigenvalue weighted by Crippen LogP contribution is 2.17. The van der Waals surface area contributed by atoms with E-state index in [1.54, 1.807) is 18.2 Å². The van der Waals surface area contributed by atoms with Gasteiger partial charge in [0.15, 0.2) is 0 Å². The number of nitrogens with zero attached hydrogens (tertiary/aromatic N) is 1. The van der Waals surface area contributed by atoms with Crippen LogP contribution in [0, 0.1) is 11.8 Å². The highest BCUT2D eigenvalue weighted by molar-refractivity contribution is 6.32. The summed E-state index contributed by atoms with van der Waals surface area (Å²) in [6, 6.07) is 4.89. The van der Waals surface area contributed by atoms with Crippen LogP contribution in [0.1, 0.15) is 15.9 Å². The van der Waals surface area contributed by atoms with Gasteiger partial charge >= 0.3 is 0 Å². The molecule has 0 radical (unpaired) electrons. The number of rotatable bonds is 2. The standard InChI is InChI=1S/C14H15ClN2O3/c15-13-10-12(4-3-11(13)2-1-7-18)14(19)16-17-5-8-20-9-6-17/h3-4,10,18H,5-9H2,(H,16,19). The van der Waals surface area contributed by atoms with Crippen molar-refractivity contribution in [2.75, 3.05) is 32.9 Å². The lowest BCUT2D eigenvalue weighted by Gasteiger charge is -2.26. The fourth-order valence-electron chi connectivity index (χ4n) is 1.78. The summed E-state index contributed by atoms with van der Waals surface area (Å²) in [6.45, 7) is 2.32. The first-order chi connectivity index (χ1) is 9.70. The normalized spacial score (nSPS) is 15.3. The molecule has 0 saturated carbocycles. The van der Waals surface area contributed by atoms with E-state index in [1.165, 1.54) is 0 Å². The van der Waals surface area contributed by atoms with E-state index in [0.29, 0.717) is 42.5 Å². The molecule has 20 heavy (non-hydrogen) atoms. The number of benzene rings is 1. The number of morpholine rings is 1. The van der Waals surface area contributed by atoms with Gasteiger partial charge in [-0.2, -0.15) is 0 Å². The van der Waals surface area contributed by atoms with E-state index in [-0.39, 0.29) is 12.5 Å². The highest BCUT2D eigenvalue weighted by atomic mass is 35.5. The van der Waals surface area contributed by atoms with E-state index in [2.05, 4.69) is 17.3 Å². The first-order valence-corrected chi connectivity index (χ1v) is 6.61. The summed E-state index contributed by atoms with van der Waals surface area (Å²) in [5, 5.41) is 10.9. The molecule has 0 spiro atoms. The zero-order chi connectivity index (χ0) is 14.4. The van der Waals surface area contributed by atoms with Crippen molar-refractivity contribution in [1.29, 1.82) is 0 Å². The topological polar surface area (TPSA) is 61.8 Å². The van der Waals surface area contributed by atoms with Crippen LogP contribution in [0.25, 0.3) is 0 Å². The number of carbonyl (C=O) groups is 1. The van der Waals surface area contributed by atoms with Gasteiger partial charge in [-0.05, 0) is 18.2 Å². The molecule has 6 heteroatoms. The van der Waals surface area contributed by atoms with Gasteiger partial charge in [0.1, 0.15) is 6.61 Å².